The number of aromatic amines is 1. The van der Waals surface area contributed by atoms with E-state index in [1.54, 1.807) is 6.33 Å². The van der Waals surface area contributed by atoms with Crippen LogP contribution in [-0.4, -0.2) is 21.5 Å². The Hall–Kier alpha value is -2.17. The number of unbranched alkanes of at least 4 members (excludes halogenated alkanes) is 1. The van der Waals surface area contributed by atoms with Crippen molar-refractivity contribution in [3.8, 4) is 0 Å². The second-order valence-corrected chi connectivity index (χ2v) is 7.23. The highest BCUT2D eigenvalue weighted by Gasteiger charge is 2.24. The molecule has 0 bridgehead atoms. The molecule has 2 aromatic heterocycles. The van der Waals surface area contributed by atoms with Crippen molar-refractivity contribution >= 4 is 11.6 Å². The topological polar surface area (TPSA) is 53.6 Å². The minimum atomic E-state index is 0.131. The molecule has 0 spiro atoms. The smallest absolute Gasteiger partial charge is 0.0923 e. The number of fused-ring (bicyclic) bond motifs is 2. The van der Waals surface area contributed by atoms with Gasteiger partial charge >= 0.3 is 0 Å². The summed E-state index contributed by atoms with van der Waals surface area (Å²) >= 11 is 6.24. The molecule has 2 N–H and O–H groups in total. The molecule has 0 saturated carbocycles. The van der Waals surface area contributed by atoms with Gasteiger partial charge in [0.2, 0.25) is 0 Å². The Balaban J connectivity index is 1.48. The predicted octanol–water partition coefficient (Wildman–Crippen LogP) is 4.26. The molecule has 1 aromatic carbocycles. The SMILES string of the molecule is Clc1ccc2c(c1)CCc1cccnc1C2NCCCCc1c[nH]cn1. The summed E-state index contributed by atoms with van der Waals surface area (Å²) < 4.78 is 0. The molecule has 3 aromatic rings. The summed E-state index contributed by atoms with van der Waals surface area (Å²) in [6, 6.07) is 10.6. The lowest BCUT2D eigenvalue weighted by atomic mass is 9.98. The van der Waals surface area contributed by atoms with Crippen LogP contribution in [0.2, 0.25) is 5.02 Å². The first-order valence-electron chi connectivity index (χ1n) is 9.24. The first kappa shape index (κ1) is 17.3. The normalized spacial score (nSPS) is 16.0. The molecule has 0 amide bonds. The van der Waals surface area contributed by atoms with E-state index in [0.717, 1.165) is 55.1 Å². The molecule has 0 radical (unpaired) electrons. The lowest BCUT2D eigenvalue weighted by Crippen LogP contribution is -2.25. The van der Waals surface area contributed by atoms with Crippen molar-refractivity contribution in [1.29, 1.82) is 0 Å². The fourth-order valence-electron chi connectivity index (χ4n) is 3.72. The van der Waals surface area contributed by atoms with E-state index in [2.05, 4.69) is 33.5 Å². The van der Waals surface area contributed by atoms with Gasteiger partial charge in [-0.15, -0.1) is 0 Å². The standard InChI is InChI=1S/C21H23ClN4/c22-17-8-9-19-16(12-17)7-6-15-4-3-11-24-20(15)21(19)25-10-2-1-5-18-13-23-14-26-18/h3-4,8-9,11-14,21,25H,1-2,5-7,10H2,(H,23,26). The van der Waals surface area contributed by atoms with Crippen LogP contribution in [0, 0.1) is 0 Å². The molecular weight excluding hydrogens is 344 g/mol. The number of nitrogens with zero attached hydrogens (tertiary/aromatic N) is 2. The van der Waals surface area contributed by atoms with Gasteiger partial charge in [-0.1, -0.05) is 23.7 Å². The molecule has 4 rings (SSSR count). The number of hydrogen-bond acceptors (Lipinski definition) is 3. The van der Waals surface area contributed by atoms with Crippen molar-refractivity contribution in [2.45, 2.75) is 38.1 Å². The van der Waals surface area contributed by atoms with Gasteiger partial charge in [0.05, 0.1) is 23.8 Å². The number of aromatic nitrogens is 3. The molecule has 0 saturated heterocycles. The number of rotatable bonds is 6. The summed E-state index contributed by atoms with van der Waals surface area (Å²) in [7, 11) is 0. The van der Waals surface area contributed by atoms with Crippen LogP contribution in [0.1, 0.15) is 47.0 Å². The van der Waals surface area contributed by atoms with Crippen LogP contribution < -0.4 is 5.32 Å². The molecular formula is C21H23ClN4. The molecule has 0 aliphatic heterocycles. The van der Waals surface area contributed by atoms with E-state index in [-0.39, 0.29) is 6.04 Å². The molecule has 5 heteroatoms. The Labute approximate surface area is 159 Å². The molecule has 1 unspecified atom stereocenters. The molecule has 0 fully saturated rings. The van der Waals surface area contributed by atoms with Crippen molar-refractivity contribution in [2.75, 3.05) is 6.54 Å². The van der Waals surface area contributed by atoms with Crippen LogP contribution in [0.5, 0.6) is 0 Å². The van der Waals surface area contributed by atoms with E-state index < -0.39 is 0 Å². The van der Waals surface area contributed by atoms with Crippen molar-refractivity contribution in [1.82, 2.24) is 20.3 Å². The number of H-pyrrole nitrogens is 1. The fraction of sp³-hybridized carbons (Fsp3) is 0.333. The zero-order valence-electron chi connectivity index (χ0n) is 14.7. The number of hydrogen-bond donors (Lipinski definition) is 2. The Bertz CT molecular complexity index is 860. The van der Waals surface area contributed by atoms with E-state index in [1.807, 2.05) is 24.5 Å². The Morgan fingerprint density at radius 2 is 2.04 bits per heavy atom. The molecule has 134 valence electrons. The first-order chi connectivity index (χ1) is 12.8. The number of aryl methyl sites for hydroxylation is 3. The number of nitrogens with one attached hydrogen (secondary N) is 2. The zero-order chi connectivity index (χ0) is 17.8. The van der Waals surface area contributed by atoms with Crippen LogP contribution in [0.4, 0.5) is 0 Å². The third-order valence-electron chi connectivity index (χ3n) is 5.04. The Kier molecular flexibility index (Phi) is 5.32. The second-order valence-electron chi connectivity index (χ2n) is 6.80. The van der Waals surface area contributed by atoms with Crippen molar-refractivity contribution < 1.29 is 0 Å². The molecule has 2 heterocycles. The molecule has 26 heavy (non-hydrogen) atoms. The number of benzene rings is 1. The maximum absolute atomic E-state index is 6.24. The van der Waals surface area contributed by atoms with Crippen molar-refractivity contribution in [2.24, 2.45) is 0 Å². The van der Waals surface area contributed by atoms with Crippen LogP contribution in [0.25, 0.3) is 0 Å². The van der Waals surface area contributed by atoms with Crippen LogP contribution in [0.3, 0.4) is 0 Å². The van der Waals surface area contributed by atoms with Crippen LogP contribution in [-0.2, 0) is 19.3 Å². The predicted molar refractivity (Wildman–Crippen MR) is 104 cm³/mol. The van der Waals surface area contributed by atoms with Gasteiger partial charge in [-0.25, -0.2) is 4.98 Å². The highest BCUT2D eigenvalue weighted by Crippen LogP contribution is 2.32. The summed E-state index contributed by atoms with van der Waals surface area (Å²) in [6.45, 7) is 0.952. The summed E-state index contributed by atoms with van der Waals surface area (Å²) in [4.78, 5) is 12.0. The molecule has 1 aliphatic carbocycles. The number of halogens is 1. The minimum absolute atomic E-state index is 0.131. The maximum atomic E-state index is 6.24. The van der Waals surface area contributed by atoms with Gasteiger partial charge in [-0.2, -0.15) is 0 Å². The first-order valence-corrected chi connectivity index (χ1v) is 9.62. The van der Waals surface area contributed by atoms with Gasteiger partial charge in [-0.3, -0.25) is 4.98 Å². The van der Waals surface area contributed by atoms with E-state index in [4.69, 9.17) is 16.6 Å². The van der Waals surface area contributed by atoms with Gasteiger partial charge in [0, 0.05) is 17.4 Å². The highest BCUT2D eigenvalue weighted by atomic mass is 35.5. The van der Waals surface area contributed by atoms with Gasteiger partial charge in [0.15, 0.2) is 0 Å². The summed E-state index contributed by atoms with van der Waals surface area (Å²) in [5.41, 5.74) is 6.24. The van der Waals surface area contributed by atoms with Gasteiger partial charge in [-0.05, 0) is 73.5 Å². The number of pyridine rings is 1. The summed E-state index contributed by atoms with van der Waals surface area (Å²) in [5, 5.41) is 4.55. The molecule has 4 nitrogen and oxygen atoms in total. The van der Waals surface area contributed by atoms with Crippen molar-refractivity contribution in [3.05, 3.63) is 82.2 Å². The van der Waals surface area contributed by atoms with E-state index in [0.29, 0.717) is 0 Å². The van der Waals surface area contributed by atoms with E-state index >= 15 is 0 Å². The zero-order valence-corrected chi connectivity index (χ0v) is 15.5. The minimum Gasteiger partial charge on any atom is -0.351 e. The van der Waals surface area contributed by atoms with Gasteiger partial charge < -0.3 is 10.3 Å². The third-order valence-corrected chi connectivity index (χ3v) is 5.28. The van der Waals surface area contributed by atoms with E-state index in [1.165, 1.54) is 16.7 Å². The van der Waals surface area contributed by atoms with Crippen molar-refractivity contribution in [3.63, 3.8) is 0 Å². The fourth-order valence-corrected chi connectivity index (χ4v) is 3.92. The highest BCUT2D eigenvalue weighted by molar-refractivity contribution is 6.30. The van der Waals surface area contributed by atoms with Gasteiger partial charge in [0.1, 0.15) is 0 Å². The average Bonchev–Trinajstić information content (AvgIpc) is 3.12. The number of imidazole rings is 1. The largest absolute Gasteiger partial charge is 0.351 e. The van der Waals surface area contributed by atoms with Gasteiger partial charge in [0.25, 0.3) is 0 Å². The molecule has 1 aliphatic rings. The second kappa shape index (κ2) is 8.02. The summed E-state index contributed by atoms with van der Waals surface area (Å²) in [6.07, 6.45) is 10.9. The van der Waals surface area contributed by atoms with E-state index in [9.17, 15) is 0 Å². The lowest BCUT2D eigenvalue weighted by molar-refractivity contribution is 0.557. The molecule has 1 atom stereocenters. The quantitative estimate of drug-likeness (QED) is 0.641. The van der Waals surface area contributed by atoms with Crippen LogP contribution in [0.15, 0.2) is 49.1 Å². The average molecular weight is 367 g/mol. The third kappa shape index (κ3) is 3.81. The maximum Gasteiger partial charge on any atom is 0.0923 e. The Morgan fingerprint density at radius 3 is 2.92 bits per heavy atom. The van der Waals surface area contributed by atoms with Crippen LogP contribution >= 0.6 is 11.6 Å². The lowest BCUT2D eigenvalue weighted by Gasteiger charge is -2.21. The Morgan fingerprint density at radius 1 is 1.12 bits per heavy atom. The summed E-state index contributed by atoms with van der Waals surface area (Å²) in [5.74, 6) is 0. The monoisotopic (exact) mass is 366 g/mol.